The number of nitrogens with two attached hydrogens (primary N) is 1. The molecule has 0 amide bonds. The number of aromatic nitrogens is 2. The molecule has 0 spiro atoms. The average Bonchev–Trinajstić information content (AvgIpc) is 2.28. The van der Waals surface area contributed by atoms with Gasteiger partial charge in [0, 0.05) is 36.1 Å². The van der Waals surface area contributed by atoms with E-state index >= 15 is 0 Å². The predicted molar refractivity (Wildman–Crippen MR) is 55.3 cm³/mol. The fraction of sp³-hybridized carbons (Fsp3) is 0.0909. The van der Waals surface area contributed by atoms with Gasteiger partial charge >= 0.3 is 0 Å². The van der Waals surface area contributed by atoms with Gasteiger partial charge in [-0.15, -0.1) is 0 Å². The normalized spacial score (nSPS) is 10.4. The van der Waals surface area contributed by atoms with Crippen LogP contribution >= 0.6 is 0 Å². The molecule has 0 bridgehead atoms. The molecule has 1 heterocycles. The van der Waals surface area contributed by atoms with E-state index in [2.05, 4.69) is 9.97 Å². The second-order valence-corrected chi connectivity index (χ2v) is 3.28. The number of hydrogen-bond acceptors (Lipinski definition) is 3. The van der Waals surface area contributed by atoms with Crippen LogP contribution in [0.3, 0.4) is 0 Å². The standard InChI is InChI=1S/C11H9F2N3/c12-9-1-8(2-10(13)3-9)11-15-5-7(4-14)6-16-11/h1-3,5-6H,4,14H2. The third-order valence-corrected chi connectivity index (χ3v) is 2.06. The third-order valence-electron chi connectivity index (χ3n) is 2.06. The second kappa shape index (κ2) is 4.32. The highest BCUT2D eigenvalue weighted by atomic mass is 19.1. The lowest BCUT2D eigenvalue weighted by atomic mass is 10.2. The van der Waals surface area contributed by atoms with Gasteiger partial charge in [-0.25, -0.2) is 18.7 Å². The second-order valence-electron chi connectivity index (χ2n) is 3.28. The molecule has 1 aromatic carbocycles. The molecule has 0 unspecified atom stereocenters. The average molecular weight is 221 g/mol. The lowest BCUT2D eigenvalue weighted by molar-refractivity contribution is 0.584. The molecule has 0 fully saturated rings. The molecule has 0 radical (unpaired) electrons. The Kier molecular flexibility index (Phi) is 2.87. The van der Waals surface area contributed by atoms with E-state index in [0.29, 0.717) is 12.1 Å². The highest BCUT2D eigenvalue weighted by Crippen LogP contribution is 2.17. The summed E-state index contributed by atoms with van der Waals surface area (Å²) in [7, 11) is 0. The molecule has 0 saturated carbocycles. The van der Waals surface area contributed by atoms with Gasteiger partial charge in [0.1, 0.15) is 11.6 Å². The van der Waals surface area contributed by atoms with Crippen molar-refractivity contribution in [3.8, 4) is 11.4 Å². The van der Waals surface area contributed by atoms with E-state index in [0.717, 1.165) is 11.6 Å². The molecule has 0 atom stereocenters. The minimum atomic E-state index is -0.651. The minimum absolute atomic E-state index is 0.274. The van der Waals surface area contributed by atoms with Crippen molar-refractivity contribution >= 4 is 0 Å². The Labute approximate surface area is 91.0 Å². The minimum Gasteiger partial charge on any atom is -0.326 e. The first-order chi connectivity index (χ1) is 7.69. The topological polar surface area (TPSA) is 51.8 Å². The van der Waals surface area contributed by atoms with Crippen LogP contribution in [0, 0.1) is 11.6 Å². The molecule has 0 aliphatic rings. The zero-order valence-electron chi connectivity index (χ0n) is 8.32. The maximum absolute atomic E-state index is 12.9. The summed E-state index contributed by atoms with van der Waals surface area (Å²) in [4.78, 5) is 7.96. The fourth-order valence-corrected chi connectivity index (χ4v) is 1.29. The first-order valence-electron chi connectivity index (χ1n) is 4.66. The van der Waals surface area contributed by atoms with Crippen molar-refractivity contribution in [2.45, 2.75) is 6.54 Å². The van der Waals surface area contributed by atoms with Crippen LogP contribution in [-0.2, 0) is 6.54 Å². The van der Waals surface area contributed by atoms with E-state index < -0.39 is 11.6 Å². The van der Waals surface area contributed by atoms with Gasteiger partial charge in [-0.2, -0.15) is 0 Å². The van der Waals surface area contributed by atoms with Crippen LogP contribution in [0.1, 0.15) is 5.56 Å². The maximum Gasteiger partial charge on any atom is 0.159 e. The molecular formula is C11H9F2N3. The summed E-state index contributed by atoms with van der Waals surface area (Å²) in [6.07, 6.45) is 3.07. The van der Waals surface area contributed by atoms with E-state index in [-0.39, 0.29) is 5.82 Å². The first kappa shape index (κ1) is 10.6. The van der Waals surface area contributed by atoms with Crippen LogP contribution < -0.4 is 5.73 Å². The first-order valence-corrected chi connectivity index (χ1v) is 4.66. The Hall–Kier alpha value is -1.88. The summed E-state index contributed by atoms with van der Waals surface area (Å²) in [5.74, 6) is -1.03. The van der Waals surface area contributed by atoms with Crippen molar-refractivity contribution in [1.82, 2.24) is 9.97 Å². The summed E-state index contributed by atoms with van der Waals surface area (Å²) in [6, 6.07) is 3.17. The summed E-state index contributed by atoms with van der Waals surface area (Å²) < 4.78 is 25.9. The smallest absolute Gasteiger partial charge is 0.159 e. The number of benzene rings is 1. The molecule has 2 N–H and O–H groups in total. The van der Waals surface area contributed by atoms with Crippen LogP contribution in [-0.4, -0.2) is 9.97 Å². The summed E-state index contributed by atoms with van der Waals surface area (Å²) in [5, 5.41) is 0. The highest BCUT2D eigenvalue weighted by Gasteiger charge is 2.05. The van der Waals surface area contributed by atoms with Gasteiger partial charge in [0.25, 0.3) is 0 Å². The van der Waals surface area contributed by atoms with Gasteiger partial charge in [0.15, 0.2) is 5.82 Å². The Morgan fingerprint density at radius 2 is 1.56 bits per heavy atom. The Balaban J connectivity index is 2.42. The molecule has 2 rings (SSSR count). The van der Waals surface area contributed by atoms with Gasteiger partial charge in [-0.05, 0) is 12.1 Å². The third kappa shape index (κ3) is 2.20. The molecule has 0 saturated heterocycles. The number of halogens is 2. The quantitative estimate of drug-likeness (QED) is 0.842. The number of nitrogens with zero attached hydrogens (tertiary/aromatic N) is 2. The maximum atomic E-state index is 12.9. The molecular weight excluding hydrogens is 212 g/mol. The van der Waals surface area contributed by atoms with Gasteiger partial charge in [-0.3, -0.25) is 0 Å². The monoisotopic (exact) mass is 221 g/mol. The lowest BCUT2D eigenvalue weighted by Gasteiger charge is -2.01. The Morgan fingerprint density at radius 3 is 2.06 bits per heavy atom. The van der Waals surface area contributed by atoms with E-state index in [9.17, 15) is 8.78 Å². The molecule has 16 heavy (non-hydrogen) atoms. The number of rotatable bonds is 2. The molecule has 0 aliphatic carbocycles. The van der Waals surface area contributed by atoms with Crippen molar-refractivity contribution < 1.29 is 8.78 Å². The molecule has 3 nitrogen and oxygen atoms in total. The fourth-order valence-electron chi connectivity index (χ4n) is 1.29. The van der Waals surface area contributed by atoms with Crippen LogP contribution in [0.5, 0.6) is 0 Å². The lowest BCUT2D eigenvalue weighted by Crippen LogP contribution is -1.99. The van der Waals surface area contributed by atoms with Crippen LogP contribution in [0.4, 0.5) is 8.78 Å². The van der Waals surface area contributed by atoms with Crippen molar-refractivity contribution in [3.05, 3.63) is 47.8 Å². The van der Waals surface area contributed by atoms with Crippen molar-refractivity contribution in [2.24, 2.45) is 5.73 Å². The molecule has 0 aliphatic heterocycles. The zero-order valence-corrected chi connectivity index (χ0v) is 8.32. The SMILES string of the molecule is NCc1cnc(-c2cc(F)cc(F)c2)nc1. The van der Waals surface area contributed by atoms with Crippen molar-refractivity contribution in [2.75, 3.05) is 0 Å². The Morgan fingerprint density at radius 1 is 1.00 bits per heavy atom. The van der Waals surface area contributed by atoms with Crippen LogP contribution in [0.2, 0.25) is 0 Å². The van der Waals surface area contributed by atoms with E-state index in [1.54, 1.807) is 0 Å². The summed E-state index contributed by atoms with van der Waals surface area (Å²) in [5.41, 5.74) is 6.46. The zero-order chi connectivity index (χ0) is 11.5. The molecule has 82 valence electrons. The number of hydrogen-bond donors (Lipinski definition) is 1. The van der Waals surface area contributed by atoms with E-state index in [1.165, 1.54) is 24.5 Å². The van der Waals surface area contributed by atoms with Crippen molar-refractivity contribution in [1.29, 1.82) is 0 Å². The summed E-state index contributed by atoms with van der Waals surface area (Å²) >= 11 is 0. The summed E-state index contributed by atoms with van der Waals surface area (Å²) in [6.45, 7) is 0.331. The van der Waals surface area contributed by atoms with E-state index in [1.807, 2.05) is 0 Å². The van der Waals surface area contributed by atoms with Gasteiger partial charge in [-0.1, -0.05) is 0 Å². The van der Waals surface area contributed by atoms with Crippen LogP contribution in [0.25, 0.3) is 11.4 Å². The van der Waals surface area contributed by atoms with Crippen LogP contribution in [0.15, 0.2) is 30.6 Å². The van der Waals surface area contributed by atoms with E-state index in [4.69, 9.17) is 5.73 Å². The van der Waals surface area contributed by atoms with Gasteiger partial charge in [0.05, 0.1) is 0 Å². The molecule has 1 aromatic heterocycles. The predicted octanol–water partition coefficient (Wildman–Crippen LogP) is 1.88. The molecule has 2 aromatic rings. The molecule has 5 heteroatoms. The van der Waals surface area contributed by atoms with Crippen molar-refractivity contribution in [3.63, 3.8) is 0 Å². The Bertz CT molecular complexity index is 477. The largest absolute Gasteiger partial charge is 0.326 e. The highest BCUT2D eigenvalue weighted by molar-refractivity contribution is 5.54. The van der Waals surface area contributed by atoms with Gasteiger partial charge in [0.2, 0.25) is 0 Å². The van der Waals surface area contributed by atoms with Gasteiger partial charge < -0.3 is 5.73 Å².